The van der Waals surface area contributed by atoms with Gasteiger partial charge in [0.15, 0.2) is 0 Å². The number of thioether (sulfide) groups is 1. The Labute approximate surface area is 125 Å². The lowest BCUT2D eigenvalue weighted by Gasteiger charge is -2.41. The van der Waals surface area contributed by atoms with E-state index in [1.54, 1.807) is 0 Å². The Bertz CT molecular complexity index is 453. The van der Waals surface area contributed by atoms with Crippen LogP contribution in [0.5, 0.6) is 0 Å². The van der Waals surface area contributed by atoms with Crippen LogP contribution in [0.1, 0.15) is 12.5 Å². The number of hydrogen-bond donors (Lipinski definition) is 1. The van der Waals surface area contributed by atoms with E-state index in [4.69, 9.17) is 4.74 Å². The third kappa shape index (κ3) is 2.85. The normalized spacial score (nSPS) is 20.9. The molecule has 0 spiro atoms. The molecular formula is C16H23N2OS+. The van der Waals surface area contributed by atoms with Crippen LogP contribution in [0.4, 0.5) is 0 Å². The standard InChI is InChI=1S/C16H22N2OS/c1-14(12-20-2)16(13-17,15-6-4-3-5-7-15)18-8-10-19-11-9-18/h3-7,14H,8-12H2,1-2H3/p+1/t14-,16-/m0/s1. The van der Waals surface area contributed by atoms with Gasteiger partial charge in [0.1, 0.15) is 19.2 Å². The summed E-state index contributed by atoms with van der Waals surface area (Å²) < 4.78 is 5.48. The average Bonchev–Trinajstić information content (AvgIpc) is 2.51. The summed E-state index contributed by atoms with van der Waals surface area (Å²) in [5, 5.41) is 10.1. The fraction of sp³-hybridized carbons (Fsp3) is 0.562. The molecule has 0 aromatic heterocycles. The summed E-state index contributed by atoms with van der Waals surface area (Å²) in [4.78, 5) is 1.35. The molecule has 1 aromatic carbocycles. The molecule has 1 aliphatic heterocycles. The molecule has 108 valence electrons. The van der Waals surface area contributed by atoms with Gasteiger partial charge in [0.25, 0.3) is 0 Å². The Kier molecular flexibility index (Phi) is 5.47. The maximum absolute atomic E-state index is 10.1. The van der Waals surface area contributed by atoms with Crippen molar-refractivity contribution in [3.63, 3.8) is 0 Å². The zero-order valence-corrected chi connectivity index (χ0v) is 13.1. The SMILES string of the molecule is CSC[C@H](C)[C@@](C#N)(c1ccccc1)[NH+]1CCOCC1. The molecule has 1 aliphatic rings. The molecule has 0 aliphatic carbocycles. The predicted octanol–water partition coefficient (Wildman–Crippen LogP) is 1.32. The van der Waals surface area contributed by atoms with Crippen LogP contribution in [0, 0.1) is 17.2 Å². The minimum Gasteiger partial charge on any atom is -0.370 e. The highest BCUT2D eigenvalue weighted by Gasteiger charge is 2.48. The van der Waals surface area contributed by atoms with E-state index in [9.17, 15) is 5.26 Å². The van der Waals surface area contributed by atoms with Crippen LogP contribution in [0.3, 0.4) is 0 Å². The monoisotopic (exact) mass is 291 g/mol. The molecule has 4 heteroatoms. The minimum absolute atomic E-state index is 0.304. The van der Waals surface area contributed by atoms with Gasteiger partial charge < -0.3 is 9.64 Å². The fourth-order valence-corrected chi connectivity index (χ4v) is 3.93. The fourth-order valence-electron chi connectivity index (χ4n) is 3.18. The highest BCUT2D eigenvalue weighted by atomic mass is 32.2. The van der Waals surface area contributed by atoms with Gasteiger partial charge in [0, 0.05) is 17.2 Å². The van der Waals surface area contributed by atoms with Crippen molar-refractivity contribution in [1.82, 2.24) is 0 Å². The molecule has 1 aromatic rings. The smallest absolute Gasteiger partial charge is 0.213 e. The Morgan fingerprint density at radius 3 is 2.55 bits per heavy atom. The van der Waals surface area contributed by atoms with Gasteiger partial charge in [-0.25, -0.2) is 0 Å². The summed E-state index contributed by atoms with van der Waals surface area (Å²) >= 11 is 1.81. The first-order valence-electron chi connectivity index (χ1n) is 7.14. The molecule has 1 fully saturated rings. The second-order valence-electron chi connectivity index (χ2n) is 5.36. The molecule has 20 heavy (non-hydrogen) atoms. The third-order valence-corrected chi connectivity index (χ3v) is 5.05. The van der Waals surface area contributed by atoms with Gasteiger partial charge >= 0.3 is 0 Å². The summed E-state index contributed by atoms with van der Waals surface area (Å²) in [5.74, 6) is 1.30. The molecule has 0 bridgehead atoms. The van der Waals surface area contributed by atoms with Gasteiger partial charge in [-0.15, -0.1) is 0 Å². The van der Waals surface area contributed by atoms with E-state index in [1.165, 1.54) is 4.90 Å². The van der Waals surface area contributed by atoms with E-state index < -0.39 is 5.54 Å². The number of morpholine rings is 1. The topological polar surface area (TPSA) is 37.5 Å². The average molecular weight is 291 g/mol. The van der Waals surface area contributed by atoms with Crippen molar-refractivity contribution in [3.8, 4) is 6.07 Å². The molecule has 2 rings (SSSR count). The van der Waals surface area contributed by atoms with Gasteiger partial charge in [-0.05, 0) is 6.26 Å². The van der Waals surface area contributed by atoms with Gasteiger partial charge in [0.2, 0.25) is 5.54 Å². The van der Waals surface area contributed by atoms with Crippen LogP contribution in [0.2, 0.25) is 0 Å². The van der Waals surface area contributed by atoms with E-state index >= 15 is 0 Å². The van der Waals surface area contributed by atoms with E-state index in [-0.39, 0.29) is 0 Å². The number of nitriles is 1. The molecule has 1 N–H and O–H groups in total. The van der Waals surface area contributed by atoms with E-state index in [2.05, 4.69) is 31.4 Å². The van der Waals surface area contributed by atoms with Crippen molar-refractivity contribution in [1.29, 1.82) is 5.26 Å². The molecule has 0 amide bonds. The van der Waals surface area contributed by atoms with Crippen molar-refractivity contribution in [2.45, 2.75) is 12.5 Å². The number of ether oxygens (including phenoxy) is 1. The first kappa shape index (κ1) is 15.4. The largest absolute Gasteiger partial charge is 0.370 e. The highest BCUT2D eigenvalue weighted by molar-refractivity contribution is 7.98. The summed E-state index contributed by atoms with van der Waals surface area (Å²) in [6.07, 6.45) is 2.11. The Hall–Kier alpha value is -1.02. The lowest BCUT2D eigenvalue weighted by molar-refractivity contribution is -0.962. The summed E-state index contributed by atoms with van der Waals surface area (Å²) in [6.45, 7) is 5.51. The number of benzene rings is 1. The molecule has 1 heterocycles. The number of quaternary nitrogens is 1. The Morgan fingerprint density at radius 2 is 2.00 bits per heavy atom. The predicted molar refractivity (Wildman–Crippen MR) is 82.8 cm³/mol. The Balaban J connectivity index is 2.43. The molecule has 0 radical (unpaired) electrons. The molecule has 3 nitrogen and oxygen atoms in total. The van der Waals surface area contributed by atoms with Crippen LogP contribution in [0.15, 0.2) is 30.3 Å². The molecule has 0 unspecified atom stereocenters. The summed E-state index contributed by atoms with van der Waals surface area (Å²) in [6, 6.07) is 13.0. The molecule has 2 atom stereocenters. The van der Waals surface area contributed by atoms with Crippen LogP contribution >= 0.6 is 11.8 Å². The van der Waals surface area contributed by atoms with E-state index in [0.29, 0.717) is 5.92 Å². The van der Waals surface area contributed by atoms with Crippen molar-refractivity contribution < 1.29 is 9.64 Å². The van der Waals surface area contributed by atoms with Crippen LogP contribution in [-0.4, -0.2) is 38.3 Å². The number of nitrogens with one attached hydrogen (secondary N) is 1. The van der Waals surface area contributed by atoms with Crippen LogP contribution in [0.25, 0.3) is 0 Å². The van der Waals surface area contributed by atoms with Crippen LogP contribution in [-0.2, 0) is 10.3 Å². The highest BCUT2D eigenvalue weighted by Crippen LogP contribution is 2.28. The Morgan fingerprint density at radius 1 is 1.35 bits per heavy atom. The zero-order chi connectivity index (χ0) is 14.4. The first-order valence-corrected chi connectivity index (χ1v) is 8.53. The third-order valence-electron chi connectivity index (χ3n) is 4.22. The van der Waals surface area contributed by atoms with Gasteiger partial charge in [0.05, 0.1) is 13.2 Å². The number of nitrogens with zero attached hydrogens (tertiary/aromatic N) is 1. The maximum atomic E-state index is 10.1. The van der Waals surface area contributed by atoms with Crippen molar-refractivity contribution in [3.05, 3.63) is 35.9 Å². The molecular weight excluding hydrogens is 268 g/mol. The van der Waals surface area contributed by atoms with Crippen molar-refractivity contribution in [2.75, 3.05) is 38.3 Å². The second-order valence-corrected chi connectivity index (χ2v) is 6.27. The lowest BCUT2D eigenvalue weighted by Crippen LogP contribution is -3.21. The van der Waals surface area contributed by atoms with Gasteiger partial charge in [-0.3, -0.25) is 0 Å². The van der Waals surface area contributed by atoms with E-state index in [0.717, 1.165) is 37.6 Å². The summed E-state index contributed by atoms with van der Waals surface area (Å²) in [7, 11) is 0. The summed E-state index contributed by atoms with van der Waals surface area (Å²) in [5.41, 5.74) is 0.676. The number of hydrogen-bond acceptors (Lipinski definition) is 3. The second kappa shape index (κ2) is 7.12. The lowest BCUT2D eigenvalue weighted by atomic mass is 9.79. The number of rotatable bonds is 5. The quantitative estimate of drug-likeness (QED) is 0.889. The van der Waals surface area contributed by atoms with Gasteiger partial charge in [-0.1, -0.05) is 37.3 Å². The molecule has 1 saturated heterocycles. The minimum atomic E-state index is -0.464. The van der Waals surface area contributed by atoms with Crippen molar-refractivity contribution in [2.24, 2.45) is 5.92 Å². The first-order chi connectivity index (χ1) is 9.75. The molecule has 0 saturated carbocycles. The maximum Gasteiger partial charge on any atom is 0.213 e. The van der Waals surface area contributed by atoms with Crippen LogP contribution < -0.4 is 4.90 Å². The zero-order valence-electron chi connectivity index (χ0n) is 12.3. The van der Waals surface area contributed by atoms with Crippen molar-refractivity contribution >= 4 is 11.8 Å². The van der Waals surface area contributed by atoms with Gasteiger partial charge in [-0.2, -0.15) is 17.0 Å². The van der Waals surface area contributed by atoms with E-state index in [1.807, 2.05) is 30.0 Å².